The smallest absolute Gasteiger partial charge is 0.131 e. The third-order valence-electron chi connectivity index (χ3n) is 3.73. The zero-order chi connectivity index (χ0) is 11.7. The largest absolute Gasteiger partial charge is 0.378 e. The van der Waals surface area contributed by atoms with Gasteiger partial charge in [-0.15, -0.1) is 0 Å². The molecule has 3 rings (SSSR count). The van der Waals surface area contributed by atoms with Crippen molar-refractivity contribution in [2.75, 3.05) is 44.3 Å². The predicted octanol–water partition coefficient (Wildman–Crippen LogP) is 0.911. The van der Waals surface area contributed by atoms with Crippen molar-refractivity contribution in [2.45, 2.75) is 13.0 Å². The number of anilines is 1. The molecule has 0 bridgehead atoms. The minimum atomic E-state index is 0.668. The standard InChI is InChI=1S/C13H19N3O/c1-11-3-2-4-14-13(11)16-7-5-15(6-8-16)12-9-17-10-12/h2-4,12H,5-10H2,1H3. The first kappa shape index (κ1) is 11.0. The monoisotopic (exact) mass is 233 g/mol. The summed E-state index contributed by atoms with van der Waals surface area (Å²) in [5, 5.41) is 0. The molecule has 92 valence electrons. The molecule has 0 N–H and O–H groups in total. The van der Waals surface area contributed by atoms with Crippen LogP contribution in [0.5, 0.6) is 0 Å². The molecule has 0 aromatic carbocycles. The van der Waals surface area contributed by atoms with E-state index in [1.807, 2.05) is 12.3 Å². The van der Waals surface area contributed by atoms with Crippen molar-refractivity contribution in [3.05, 3.63) is 23.9 Å². The molecule has 4 nitrogen and oxygen atoms in total. The van der Waals surface area contributed by atoms with E-state index < -0.39 is 0 Å². The molecule has 0 aliphatic carbocycles. The van der Waals surface area contributed by atoms with Crippen LogP contribution < -0.4 is 4.90 Å². The van der Waals surface area contributed by atoms with E-state index in [2.05, 4.69) is 27.8 Å². The third-order valence-corrected chi connectivity index (χ3v) is 3.73. The second kappa shape index (κ2) is 4.63. The van der Waals surface area contributed by atoms with Gasteiger partial charge in [0.1, 0.15) is 5.82 Å². The second-order valence-corrected chi connectivity index (χ2v) is 4.86. The second-order valence-electron chi connectivity index (χ2n) is 4.86. The number of aromatic nitrogens is 1. The first-order valence-corrected chi connectivity index (χ1v) is 6.33. The Morgan fingerprint density at radius 1 is 1.24 bits per heavy atom. The number of piperazine rings is 1. The molecule has 2 aliphatic rings. The number of ether oxygens (including phenoxy) is 1. The number of nitrogens with zero attached hydrogens (tertiary/aromatic N) is 3. The molecule has 3 heterocycles. The third kappa shape index (κ3) is 2.15. The van der Waals surface area contributed by atoms with Gasteiger partial charge in [-0.1, -0.05) is 6.07 Å². The van der Waals surface area contributed by atoms with Crippen molar-refractivity contribution < 1.29 is 4.74 Å². The lowest BCUT2D eigenvalue weighted by Crippen LogP contribution is -2.56. The molecule has 17 heavy (non-hydrogen) atoms. The van der Waals surface area contributed by atoms with Gasteiger partial charge >= 0.3 is 0 Å². The van der Waals surface area contributed by atoms with Crippen molar-refractivity contribution in [1.82, 2.24) is 9.88 Å². The topological polar surface area (TPSA) is 28.6 Å². The summed E-state index contributed by atoms with van der Waals surface area (Å²) in [7, 11) is 0. The van der Waals surface area contributed by atoms with Gasteiger partial charge in [0.25, 0.3) is 0 Å². The van der Waals surface area contributed by atoms with Gasteiger partial charge < -0.3 is 9.64 Å². The summed E-state index contributed by atoms with van der Waals surface area (Å²) in [6, 6.07) is 4.80. The van der Waals surface area contributed by atoms with E-state index in [-0.39, 0.29) is 0 Å². The Balaban J connectivity index is 1.63. The van der Waals surface area contributed by atoms with Crippen LogP contribution in [0, 0.1) is 6.92 Å². The molecule has 0 spiro atoms. The van der Waals surface area contributed by atoms with Crippen LogP contribution in [-0.4, -0.2) is 55.3 Å². The van der Waals surface area contributed by atoms with Crippen molar-refractivity contribution in [1.29, 1.82) is 0 Å². The quantitative estimate of drug-likeness (QED) is 0.759. The van der Waals surface area contributed by atoms with E-state index in [1.165, 1.54) is 5.56 Å². The molecule has 1 aromatic rings. The maximum absolute atomic E-state index is 5.25. The maximum atomic E-state index is 5.25. The van der Waals surface area contributed by atoms with Gasteiger partial charge in [-0.3, -0.25) is 4.90 Å². The molecule has 2 aliphatic heterocycles. The Morgan fingerprint density at radius 3 is 2.59 bits per heavy atom. The molecule has 0 saturated carbocycles. The minimum absolute atomic E-state index is 0.668. The van der Waals surface area contributed by atoms with Crippen molar-refractivity contribution in [2.24, 2.45) is 0 Å². The fourth-order valence-electron chi connectivity index (χ4n) is 2.54. The number of hydrogen-bond donors (Lipinski definition) is 0. The molecule has 0 atom stereocenters. The summed E-state index contributed by atoms with van der Waals surface area (Å²) in [5.41, 5.74) is 1.27. The molecular formula is C13H19N3O. The van der Waals surface area contributed by atoms with Gasteiger partial charge in [-0.25, -0.2) is 4.98 Å². The zero-order valence-electron chi connectivity index (χ0n) is 10.3. The lowest BCUT2D eigenvalue weighted by molar-refractivity contribution is -0.0661. The van der Waals surface area contributed by atoms with E-state index in [4.69, 9.17) is 4.74 Å². The van der Waals surface area contributed by atoms with Crippen LogP contribution in [0.4, 0.5) is 5.82 Å². The van der Waals surface area contributed by atoms with Crippen LogP contribution in [0.1, 0.15) is 5.56 Å². The summed E-state index contributed by atoms with van der Waals surface area (Å²) in [4.78, 5) is 9.42. The predicted molar refractivity (Wildman–Crippen MR) is 67.4 cm³/mol. The van der Waals surface area contributed by atoms with Crippen LogP contribution in [0.3, 0.4) is 0 Å². The molecule has 0 unspecified atom stereocenters. The Hall–Kier alpha value is -1.13. The van der Waals surface area contributed by atoms with Gasteiger partial charge in [0.15, 0.2) is 0 Å². The SMILES string of the molecule is Cc1cccnc1N1CCN(C2COC2)CC1. The fraction of sp³-hybridized carbons (Fsp3) is 0.615. The molecule has 2 fully saturated rings. The molecule has 2 saturated heterocycles. The fourth-order valence-corrected chi connectivity index (χ4v) is 2.54. The van der Waals surface area contributed by atoms with Crippen LogP contribution in [-0.2, 0) is 4.74 Å². The first-order chi connectivity index (χ1) is 8.34. The highest BCUT2D eigenvalue weighted by atomic mass is 16.5. The van der Waals surface area contributed by atoms with Gasteiger partial charge in [0.2, 0.25) is 0 Å². The summed E-state index contributed by atoms with van der Waals surface area (Å²) in [5.74, 6) is 1.15. The van der Waals surface area contributed by atoms with Gasteiger partial charge in [-0.05, 0) is 18.6 Å². The van der Waals surface area contributed by atoms with Crippen LogP contribution in [0.25, 0.3) is 0 Å². The lowest BCUT2D eigenvalue weighted by atomic mass is 10.1. The highest BCUT2D eigenvalue weighted by Crippen LogP contribution is 2.19. The normalized spacial score (nSPS) is 22.5. The van der Waals surface area contributed by atoms with Crippen LogP contribution >= 0.6 is 0 Å². The number of pyridine rings is 1. The van der Waals surface area contributed by atoms with Gasteiger partial charge in [0.05, 0.1) is 19.3 Å². The molecule has 0 radical (unpaired) electrons. The van der Waals surface area contributed by atoms with Gasteiger partial charge in [0, 0.05) is 32.4 Å². The summed E-state index contributed by atoms with van der Waals surface area (Å²) in [6.07, 6.45) is 1.88. The Bertz CT molecular complexity index is 384. The molecule has 0 amide bonds. The summed E-state index contributed by atoms with van der Waals surface area (Å²) in [6.45, 7) is 8.39. The highest BCUT2D eigenvalue weighted by Gasteiger charge is 2.29. The van der Waals surface area contributed by atoms with Crippen molar-refractivity contribution in [3.63, 3.8) is 0 Å². The van der Waals surface area contributed by atoms with Crippen molar-refractivity contribution >= 4 is 5.82 Å². The molecular weight excluding hydrogens is 214 g/mol. The average molecular weight is 233 g/mol. The van der Waals surface area contributed by atoms with E-state index >= 15 is 0 Å². The molecule has 4 heteroatoms. The van der Waals surface area contributed by atoms with Crippen LogP contribution in [0.15, 0.2) is 18.3 Å². The van der Waals surface area contributed by atoms with E-state index in [1.54, 1.807) is 0 Å². The lowest BCUT2D eigenvalue weighted by Gasteiger charge is -2.43. The number of rotatable bonds is 2. The Kier molecular flexibility index (Phi) is 2.99. The maximum Gasteiger partial charge on any atom is 0.131 e. The Labute approximate surface area is 102 Å². The number of aryl methyl sites for hydroxylation is 1. The van der Waals surface area contributed by atoms with Gasteiger partial charge in [-0.2, -0.15) is 0 Å². The average Bonchev–Trinajstić information content (AvgIpc) is 2.29. The molecule has 1 aromatic heterocycles. The van der Waals surface area contributed by atoms with E-state index in [9.17, 15) is 0 Å². The summed E-state index contributed by atoms with van der Waals surface area (Å²) >= 11 is 0. The van der Waals surface area contributed by atoms with Crippen molar-refractivity contribution in [3.8, 4) is 0 Å². The Morgan fingerprint density at radius 2 is 2.00 bits per heavy atom. The number of hydrogen-bond acceptors (Lipinski definition) is 4. The summed E-state index contributed by atoms with van der Waals surface area (Å²) < 4.78 is 5.25. The van der Waals surface area contributed by atoms with Crippen LogP contribution in [0.2, 0.25) is 0 Å². The van der Waals surface area contributed by atoms with E-state index in [0.29, 0.717) is 6.04 Å². The first-order valence-electron chi connectivity index (χ1n) is 6.33. The zero-order valence-corrected chi connectivity index (χ0v) is 10.3. The minimum Gasteiger partial charge on any atom is -0.378 e. The van der Waals surface area contributed by atoms with E-state index in [0.717, 1.165) is 45.2 Å². The highest BCUT2D eigenvalue weighted by molar-refractivity contribution is 5.46.